The van der Waals surface area contributed by atoms with Crippen molar-refractivity contribution in [3.63, 3.8) is 0 Å². The molecular formula is C13H22ClNS. The summed E-state index contributed by atoms with van der Waals surface area (Å²) in [6, 6.07) is 5.04. The fraction of sp³-hybridized carbons (Fsp3) is 0.692. The van der Waals surface area contributed by atoms with E-state index in [9.17, 15) is 0 Å². The topological polar surface area (TPSA) is 12.0 Å². The summed E-state index contributed by atoms with van der Waals surface area (Å²) in [5, 5.41) is 3.63. The first-order chi connectivity index (χ1) is 7.52. The van der Waals surface area contributed by atoms with Crippen LogP contribution in [-0.4, -0.2) is 6.04 Å². The van der Waals surface area contributed by atoms with E-state index in [1.54, 1.807) is 11.3 Å². The molecule has 0 bridgehead atoms. The molecule has 3 unspecified atom stereocenters. The molecule has 0 saturated carbocycles. The number of thiophene rings is 1. The Balaban J connectivity index is 2.42. The Bertz CT molecular complexity index is 311. The highest BCUT2D eigenvalue weighted by atomic mass is 35.5. The van der Waals surface area contributed by atoms with Crippen molar-refractivity contribution in [1.82, 2.24) is 5.32 Å². The Morgan fingerprint density at radius 1 is 1.31 bits per heavy atom. The maximum atomic E-state index is 5.94. The van der Waals surface area contributed by atoms with E-state index in [1.807, 2.05) is 6.07 Å². The largest absolute Gasteiger partial charge is 0.307 e. The van der Waals surface area contributed by atoms with Crippen LogP contribution in [0.1, 0.15) is 51.5 Å². The van der Waals surface area contributed by atoms with Gasteiger partial charge in [-0.25, -0.2) is 0 Å². The van der Waals surface area contributed by atoms with Gasteiger partial charge in [0.25, 0.3) is 0 Å². The third-order valence-electron chi connectivity index (χ3n) is 3.01. The van der Waals surface area contributed by atoms with E-state index in [2.05, 4.69) is 39.1 Å². The molecule has 0 amide bonds. The first-order valence-electron chi connectivity index (χ1n) is 6.04. The molecule has 92 valence electrons. The van der Waals surface area contributed by atoms with E-state index < -0.39 is 0 Å². The van der Waals surface area contributed by atoms with Gasteiger partial charge in [0, 0.05) is 17.0 Å². The van der Waals surface area contributed by atoms with Gasteiger partial charge in [0.2, 0.25) is 0 Å². The minimum absolute atomic E-state index is 0.400. The Morgan fingerprint density at radius 2 is 2.00 bits per heavy atom. The third kappa shape index (κ3) is 4.44. The van der Waals surface area contributed by atoms with Crippen LogP contribution in [0.5, 0.6) is 0 Å². The summed E-state index contributed by atoms with van der Waals surface area (Å²) in [7, 11) is 0. The SMILES string of the molecule is CCC(C)CC(C)NC(C)c1ccc(Cl)s1. The van der Waals surface area contributed by atoms with Gasteiger partial charge in [0.15, 0.2) is 0 Å². The maximum Gasteiger partial charge on any atom is 0.0931 e. The lowest BCUT2D eigenvalue weighted by molar-refractivity contribution is 0.387. The molecule has 3 atom stereocenters. The average molecular weight is 260 g/mol. The van der Waals surface area contributed by atoms with E-state index in [0.29, 0.717) is 12.1 Å². The first-order valence-corrected chi connectivity index (χ1v) is 7.23. The summed E-state index contributed by atoms with van der Waals surface area (Å²) in [5.41, 5.74) is 0. The van der Waals surface area contributed by atoms with Crippen LogP contribution in [0.15, 0.2) is 12.1 Å². The van der Waals surface area contributed by atoms with Gasteiger partial charge < -0.3 is 5.32 Å². The lowest BCUT2D eigenvalue weighted by atomic mass is 10.00. The summed E-state index contributed by atoms with van der Waals surface area (Å²) in [5.74, 6) is 0.793. The molecule has 0 radical (unpaired) electrons. The Kier molecular flexibility index (Phi) is 5.81. The predicted molar refractivity (Wildman–Crippen MR) is 74.4 cm³/mol. The van der Waals surface area contributed by atoms with Gasteiger partial charge in [0.1, 0.15) is 0 Å². The highest BCUT2D eigenvalue weighted by Crippen LogP contribution is 2.27. The molecule has 1 N–H and O–H groups in total. The third-order valence-corrected chi connectivity index (χ3v) is 4.42. The summed E-state index contributed by atoms with van der Waals surface area (Å²) in [4.78, 5) is 1.32. The van der Waals surface area contributed by atoms with Crippen LogP contribution >= 0.6 is 22.9 Å². The van der Waals surface area contributed by atoms with E-state index in [4.69, 9.17) is 11.6 Å². The molecule has 3 heteroatoms. The summed E-state index contributed by atoms with van der Waals surface area (Å²) in [6.07, 6.45) is 2.49. The Hall–Kier alpha value is -0.0500. The van der Waals surface area contributed by atoms with Crippen molar-refractivity contribution >= 4 is 22.9 Å². The summed E-state index contributed by atoms with van der Waals surface area (Å²) >= 11 is 7.60. The van der Waals surface area contributed by atoms with Crippen LogP contribution in [0.25, 0.3) is 0 Å². The van der Waals surface area contributed by atoms with Crippen molar-refractivity contribution < 1.29 is 0 Å². The summed E-state index contributed by atoms with van der Waals surface area (Å²) < 4.78 is 0.873. The predicted octanol–water partition coefficient (Wildman–Crippen LogP) is 4.88. The maximum absolute atomic E-state index is 5.94. The minimum atomic E-state index is 0.400. The van der Waals surface area contributed by atoms with E-state index in [0.717, 1.165) is 10.3 Å². The number of hydrogen-bond acceptors (Lipinski definition) is 2. The zero-order valence-corrected chi connectivity index (χ0v) is 12.2. The van der Waals surface area contributed by atoms with Crippen LogP contribution < -0.4 is 5.32 Å². The monoisotopic (exact) mass is 259 g/mol. The summed E-state index contributed by atoms with van der Waals surface area (Å²) in [6.45, 7) is 9.03. The molecule has 0 aliphatic rings. The van der Waals surface area contributed by atoms with Crippen molar-refractivity contribution in [1.29, 1.82) is 0 Å². The molecule has 1 nitrogen and oxygen atoms in total. The molecular weight excluding hydrogens is 238 g/mol. The smallest absolute Gasteiger partial charge is 0.0931 e. The number of nitrogens with one attached hydrogen (secondary N) is 1. The van der Waals surface area contributed by atoms with Crippen LogP contribution in [-0.2, 0) is 0 Å². The average Bonchev–Trinajstić information content (AvgIpc) is 2.64. The molecule has 1 rings (SSSR count). The van der Waals surface area contributed by atoms with Crippen molar-refractivity contribution in [2.24, 2.45) is 5.92 Å². The van der Waals surface area contributed by atoms with Crippen LogP contribution in [0.3, 0.4) is 0 Å². The molecule has 0 spiro atoms. The highest BCUT2D eigenvalue weighted by molar-refractivity contribution is 7.16. The fourth-order valence-electron chi connectivity index (χ4n) is 1.91. The van der Waals surface area contributed by atoms with Gasteiger partial charge >= 0.3 is 0 Å². The standard InChI is InChI=1S/C13H22ClNS/c1-5-9(2)8-10(3)15-11(4)12-6-7-13(14)16-12/h6-7,9-11,15H,5,8H2,1-4H3. The molecule has 0 aromatic carbocycles. The lowest BCUT2D eigenvalue weighted by Crippen LogP contribution is -2.29. The second kappa shape index (κ2) is 6.63. The van der Waals surface area contributed by atoms with Crippen LogP contribution in [0.4, 0.5) is 0 Å². The number of halogens is 1. The lowest BCUT2D eigenvalue weighted by Gasteiger charge is -2.21. The van der Waals surface area contributed by atoms with Gasteiger partial charge in [0.05, 0.1) is 4.34 Å². The molecule has 1 aromatic heterocycles. The second-order valence-corrected chi connectivity index (χ2v) is 6.43. The highest BCUT2D eigenvalue weighted by Gasteiger charge is 2.13. The number of rotatable bonds is 6. The molecule has 1 aromatic rings. The molecule has 0 aliphatic carbocycles. The fourth-order valence-corrected chi connectivity index (χ4v) is 2.98. The Morgan fingerprint density at radius 3 is 2.50 bits per heavy atom. The van der Waals surface area contributed by atoms with Gasteiger partial charge in [-0.2, -0.15) is 0 Å². The molecule has 1 heterocycles. The van der Waals surface area contributed by atoms with E-state index >= 15 is 0 Å². The van der Waals surface area contributed by atoms with Crippen molar-refractivity contribution in [2.75, 3.05) is 0 Å². The molecule has 16 heavy (non-hydrogen) atoms. The quantitative estimate of drug-likeness (QED) is 0.768. The molecule has 0 fully saturated rings. The van der Waals surface area contributed by atoms with Crippen molar-refractivity contribution in [3.05, 3.63) is 21.3 Å². The van der Waals surface area contributed by atoms with E-state index in [1.165, 1.54) is 17.7 Å². The van der Waals surface area contributed by atoms with Gasteiger partial charge in [-0.3, -0.25) is 0 Å². The van der Waals surface area contributed by atoms with Crippen molar-refractivity contribution in [3.8, 4) is 0 Å². The first kappa shape index (κ1) is 14.0. The molecule has 0 aliphatic heterocycles. The van der Waals surface area contributed by atoms with Crippen LogP contribution in [0, 0.1) is 5.92 Å². The van der Waals surface area contributed by atoms with Gasteiger partial charge in [-0.1, -0.05) is 31.9 Å². The minimum Gasteiger partial charge on any atom is -0.307 e. The number of hydrogen-bond donors (Lipinski definition) is 1. The van der Waals surface area contributed by atoms with Gasteiger partial charge in [-0.05, 0) is 38.3 Å². The van der Waals surface area contributed by atoms with Crippen molar-refractivity contribution in [2.45, 2.75) is 52.6 Å². The van der Waals surface area contributed by atoms with E-state index in [-0.39, 0.29) is 0 Å². The Labute approximate surface area is 108 Å². The zero-order chi connectivity index (χ0) is 12.1. The normalized spacial score (nSPS) is 17.1. The second-order valence-electron chi connectivity index (χ2n) is 4.68. The molecule has 0 saturated heterocycles. The van der Waals surface area contributed by atoms with Gasteiger partial charge in [-0.15, -0.1) is 11.3 Å². The zero-order valence-electron chi connectivity index (χ0n) is 10.6. The van der Waals surface area contributed by atoms with Crippen LogP contribution in [0.2, 0.25) is 4.34 Å².